The third-order valence-electron chi connectivity index (χ3n) is 2.16. The van der Waals surface area contributed by atoms with Crippen LogP contribution in [0.15, 0.2) is 47.5 Å². The molecule has 2 rings (SSSR count). The van der Waals surface area contributed by atoms with E-state index >= 15 is 0 Å². The highest BCUT2D eigenvalue weighted by molar-refractivity contribution is 7.87. The molecule has 2 aromatic rings. The monoisotopic (exact) mass is 294 g/mol. The SMILES string of the molecule is N#Cc1cccc(OS(=O)(=O)c2ccc(Cl)nc2)c1. The van der Waals surface area contributed by atoms with Crippen LogP contribution in [0.3, 0.4) is 0 Å². The van der Waals surface area contributed by atoms with Gasteiger partial charge < -0.3 is 4.18 Å². The third-order valence-corrected chi connectivity index (χ3v) is 3.61. The molecule has 0 aliphatic carbocycles. The van der Waals surface area contributed by atoms with Crippen molar-refractivity contribution < 1.29 is 12.6 Å². The maximum atomic E-state index is 11.9. The Morgan fingerprint density at radius 3 is 2.68 bits per heavy atom. The second kappa shape index (κ2) is 5.26. The van der Waals surface area contributed by atoms with Gasteiger partial charge in [0.2, 0.25) is 0 Å². The third kappa shape index (κ3) is 3.22. The number of nitrogens with zero attached hydrogens (tertiary/aromatic N) is 2. The first-order valence-electron chi connectivity index (χ1n) is 5.07. The van der Waals surface area contributed by atoms with Gasteiger partial charge in [0.05, 0.1) is 17.8 Å². The summed E-state index contributed by atoms with van der Waals surface area (Å²) in [6.07, 6.45) is 1.10. The van der Waals surface area contributed by atoms with Crippen molar-refractivity contribution in [3.05, 3.63) is 53.3 Å². The molecular weight excluding hydrogens is 288 g/mol. The van der Waals surface area contributed by atoms with Crippen LogP contribution in [-0.4, -0.2) is 13.4 Å². The number of hydrogen-bond acceptors (Lipinski definition) is 5. The summed E-state index contributed by atoms with van der Waals surface area (Å²) in [5.41, 5.74) is 0.307. The quantitative estimate of drug-likeness (QED) is 0.641. The molecule has 0 unspecified atom stereocenters. The summed E-state index contributed by atoms with van der Waals surface area (Å²) in [6.45, 7) is 0. The highest BCUT2D eigenvalue weighted by Crippen LogP contribution is 2.19. The lowest BCUT2D eigenvalue weighted by molar-refractivity contribution is 0.485. The van der Waals surface area contributed by atoms with Gasteiger partial charge in [-0.3, -0.25) is 0 Å². The van der Waals surface area contributed by atoms with E-state index in [4.69, 9.17) is 21.0 Å². The average molecular weight is 295 g/mol. The zero-order valence-corrected chi connectivity index (χ0v) is 11.0. The Bertz CT molecular complexity index is 736. The largest absolute Gasteiger partial charge is 0.379 e. The second-order valence-corrected chi connectivity index (χ2v) is 5.43. The van der Waals surface area contributed by atoms with Crippen LogP contribution in [0.25, 0.3) is 0 Å². The van der Waals surface area contributed by atoms with Crippen LogP contribution in [0.1, 0.15) is 5.56 Å². The van der Waals surface area contributed by atoms with Crippen molar-refractivity contribution in [2.24, 2.45) is 0 Å². The predicted molar refractivity (Wildman–Crippen MR) is 68.2 cm³/mol. The Morgan fingerprint density at radius 1 is 1.26 bits per heavy atom. The predicted octanol–water partition coefficient (Wildman–Crippen LogP) is 2.37. The Balaban J connectivity index is 2.31. The Morgan fingerprint density at radius 2 is 2.05 bits per heavy atom. The molecule has 0 saturated carbocycles. The zero-order chi connectivity index (χ0) is 13.9. The number of halogens is 1. The molecule has 0 radical (unpaired) electrons. The first-order chi connectivity index (χ1) is 9.01. The Kier molecular flexibility index (Phi) is 3.69. The van der Waals surface area contributed by atoms with Crippen LogP contribution in [0, 0.1) is 11.3 Å². The lowest BCUT2D eigenvalue weighted by atomic mass is 10.2. The molecule has 0 aliphatic rings. The van der Waals surface area contributed by atoms with E-state index < -0.39 is 10.1 Å². The molecule has 1 aromatic carbocycles. The van der Waals surface area contributed by atoms with E-state index in [1.54, 1.807) is 6.07 Å². The number of nitriles is 1. The number of pyridine rings is 1. The zero-order valence-electron chi connectivity index (χ0n) is 9.45. The van der Waals surface area contributed by atoms with E-state index in [0.717, 1.165) is 6.20 Å². The molecule has 5 nitrogen and oxygen atoms in total. The molecule has 0 spiro atoms. The average Bonchev–Trinajstić information content (AvgIpc) is 2.39. The van der Waals surface area contributed by atoms with Gasteiger partial charge in [-0.1, -0.05) is 17.7 Å². The molecule has 96 valence electrons. The summed E-state index contributed by atoms with van der Waals surface area (Å²) >= 11 is 5.58. The van der Waals surface area contributed by atoms with Gasteiger partial charge in [-0.2, -0.15) is 13.7 Å². The van der Waals surface area contributed by atoms with Gasteiger partial charge in [-0.25, -0.2) is 4.98 Å². The molecule has 0 amide bonds. The lowest BCUT2D eigenvalue weighted by Crippen LogP contribution is -2.10. The fourth-order valence-electron chi connectivity index (χ4n) is 1.30. The van der Waals surface area contributed by atoms with Crippen molar-refractivity contribution >= 4 is 21.7 Å². The molecule has 0 N–H and O–H groups in total. The summed E-state index contributed by atoms with van der Waals surface area (Å²) in [7, 11) is -3.99. The molecule has 1 aromatic heterocycles. The highest BCUT2D eigenvalue weighted by Gasteiger charge is 2.17. The number of hydrogen-bond donors (Lipinski definition) is 0. The van der Waals surface area contributed by atoms with Gasteiger partial charge in [-0.05, 0) is 30.3 Å². The molecule has 0 bridgehead atoms. The lowest BCUT2D eigenvalue weighted by Gasteiger charge is -2.06. The van der Waals surface area contributed by atoms with Gasteiger partial charge in [0, 0.05) is 0 Å². The van der Waals surface area contributed by atoms with Crippen molar-refractivity contribution in [2.45, 2.75) is 4.90 Å². The number of benzene rings is 1. The minimum absolute atomic E-state index is 0.0639. The molecule has 7 heteroatoms. The van der Waals surface area contributed by atoms with E-state index in [1.807, 2.05) is 6.07 Å². The second-order valence-electron chi connectivity index (χ2n) is 3.49. The maximum absolute atomic E-state index is 11.9. The molecular formula is C12H7ClN2O3S. The molecule has 0 fully saturated rings. The first-order valence-corrected chi connectivity index (χ1v) is 6.86. The van der Waals surface area contributed by atoms with E-state index in [-0.39, 0.29) is 15.8 Å². The highest BCUT2D eigenvalue weighted by atomic mass is 35.5. The molecule has 1 heterocycles. The minimum Gasteiger partial charge on any atom is -0.379 e. The minimum atomic E-state index is -3.99. The summed E-state index contributed by atoms with van der Waals surface area (Å²) in [4.78, 5) is 3.56. The van der Waals surface area contributed by atoms with Gasteiger partial charge >= 0.3 is 10.1 Å². The molecule has 0 aliphatic heterocycles. The van der Waals surface area contributed by atoms with E-state index in [0.29, 0.717) is 5.56 Å². The van der Waals surface area contributed by atoms with Crippen LogP contribution < -0.4 is 4.18 Å². The van der Waals surface area contributed by atoms with Crippen molar-refractivity contribution in [1.29, 1.82) is 5.26 Å². The first kappa shape index (κ1) is 13.3. The fourth-order valence-corrected chi connectivity index (χ4v) is 2.28. The molecule has 0 saturated heterocycles. The van der Waals surface area contributed by atoms with Gasteiger partial charge in [-0.15, -0.1) is 0 Å². The van der Waals surface area contributed by atoms with Gasteiger partial charge in [0.25, 0.3) is 0 Å². The van der Waals surface area contributed by atoms with Crippen molar-refractivity contribution in [2.75, 3.05) is 0 Å². The van der Waals surface area contributed by atoms with Crippen LogP contribution in [0.4, 0.5) is 0 Å². The van der Waals surface area contributed by atoms with E-state index in [1.165, 1.54) is 30.3 Å². The summed E-state index contributed by atoms with van der Waals surface area (Å²) in [5, 5.41) is 8.91. The number of aromatic nitrogens is 1. The summed E-state index contributed by atoms with van der Waals surface area (Å²) in [5.74, 6) is 0.0639. The maximum Gasteiger partial charge on any atom is 0.340 e. The van der Waals surface area contributed by atoms with Crippen LogP contribution in [-0.2, 0) is 10.1 Å². The van der Waals surface area contributed by atoms with E-state index in [9.17, 15) is 8.42 Å². The fraction of sp³-hybridized carbons (Fsp3) is 0. The normalized spacial score (nSPS) is 10.7. The van der Waals surface area contributed by atoms with Crippen molar-refractivity contribution in [3.8, 4) is 11.8 Å². The summed E-state index contributed by atoms with van der Waals surface area (Å²) in [6, 6.07) is 10.4. The smallest absolute Gasteiger partial charge is 0.340 e. The van der Waals surface area contributed by atoms with Crippen LogP contribution >= 0.6 is 11.6 Å². The Hall–Kier alpha value is -2.10. The standard InChI is InChI=1S/C12H7ClN2O3S/c13-12-5-4-11(8-15-12)19(16,17)18-10-3-1-2-9(6-10)7-14/h1-6,8H. The van der Waals surface area contributed by atoms with Crippen molar-refractivity contribution in [1.82, 2.24) is 4.98 Å². The number of rotatable bonds is 3. The summed E-state index contributed by atoms with van der Waals surface area (Å²) < 4.78 is 28.8. The van der Waals surface area contributed by atoms with E-state index in [2.05, 4.69) is 4.98 Å². The molecule has 19 heavy (non-hydrogen) atoms. The van der Waals surface area contributed by atoms with Crippen LogP contribution in [0.5, 0.6) is 5.75 Å². The van der Waals surface area contributed by atoms with Gasteiger partial charge in [0.15, 0.2) is 0 Å². The van der Waals surface area contributed by atoms with Crippen LogP contribution in [0.2, 0.25) is 5.15 Å². The Labute approximate surface area is 115 Å². The van der Waals surface area contributed by atoms with Crippen molar-refractivity contribution in [3.63, 3.8) is 0 Å². The topological polar surface area (TPSA) is 80.0 Å². The molecule has 0 atom stereocenters. The van der Waals surface area contributed by atoms with Gasteiger partial charge in [0.1, 0.15) is 15.8 Å².